The first kappa shape index (κ1) is 15.3. The number of nitriles is 1. The zero-order valence-electron chi connectivity index (χ0n) is 10.0. The minimum atomic E-state index is -3.96. The Hall–Kier alpha value is -1.78. The van der Waals surface area contributed by atoms with Crippen LogP contribution in [0.15, 0.2) is 23.1 Å². The molecule has 0 fully saturated rings. The molecule has 0 radical (unpaired) electrons. The Morgan fingerprint density at radius 2 is 2.21 bits per heavy atom. The number of rotatable bonds is 5. The summed E-state index contributed by atoms with van der Waals surface area (Å²) >= 11 is 0. The van der Waals surface area contributed by atoms with Gasteiger partial charge in [0.15, 0.2) is 6.61 Å². The number of amides is 1. The van der Waals surface area contributed by atoms with Gasteiger partial charge in [-0.3, -0.25) is 4.79 Å². The molecular formula is C11H11ClN2O4S. The van der Waals surface area contributed by atoms with Crippen LogP contribution in [0.4, 0.5) is 0 Å². The summed E-state index contributed by atoms with van der Waals surface area (Å²) in [6, 6.07) is 6.14. The maximum Gasteiger partial charge on any atom is 0.264 e. The molecule has 0 saturated carbocycles. The summed E-state index contributed by atoms with van der Waals surface area (Å²) < 4.78 is 27.8. The average Bonchev–Trinajstić information content (AvgIpc) is 2.33. The molecule has 0 aromatic heterocycles. The third-order valence-corrected chi connectivity index (χ3v) is 3.43. The maximum absolute atomic E-state index is 11.4. The molecule has 1 rings (SSSR count). The summed E-state index contributed by atoms with van der Waals surface area (Å²) in [5.41, 5.74) is 0.695. The lowest BCUT2D eigenvalue weighted by molar-refractivity contribution is -0.122. The molecule has 0 unspecified atom stereocenters. The van der Waals surface area contributed by atoms with E-state index in [-0.39, 0.29) is 17.2 Å². The van der Waals surface area contributed by atoms with Gasteiger partial charge in [-0.25, -0.2) is 8.42 Å². The van der Waals surface area contributed by atoms with Crippen LogP contribution < -0.4 is 10.1 Å². The second-order valence-corrected chi connectivity index (χ2v) is 6.15. The summed E-state index contributed by atoms with van der Waals surface area (Å²) in [5.74, 6) is -0.534. The van der Waals surface area contributed by atoms with E-state index >= 15 is 0 Å². The molecule has 1 amide bonds. The first-order valence-corrected chi connectivity index (χ1v) is 7.47. The van der Waals surface area contributed by atoms with E-state index in [9.17, 15) is 13.2 Å². The Morgan fingerprint density at radius 1 is 1.53 bits per heavy atom. The molecule has 19 heavy (non-hydrogen) atoms. The largest absolute Gasteiger partial charge is 0.482 e. The summed E-state index contributed by atoms with van der Waals surface area (Å²) in [6.45, 7) is 1.16. The van der Waals surface area contributed by atoms with Gasteiger partial charge in [0.1, 0.15) is 17.2 Å². The predicted molar refractivity (Wildman–Crippen MR) is 68.3 cm³/mol. The lowest BCUT2D eigenvalue weighted by Crippen LogP contribution is -2.29. The van der Waals surface area contributed by atoms with Crippen LogP contribution in [0.5, 0.6) is 5.75 Å². The standard InChI is InChI=1S/C11H11ClN2O4S/c1-8-2-3-9(10(6-8)19(12,16)17)18-7-11(15)14-5-4-13/h2-3,6H,5,7H2,1H3,(H,14,15). The van der Waals surface area contributed by atoms with Crippen molar-refractivity contribution in [1.29, 1.82) is 5.26 Å². The van der Waals surface area contributed by atoms with Gasteiger partial charge < -0.3 is 10.1 Å². The number of nitrogens with one attached hydrogen (secondary N) is 1. The Kier molecular flexibility index (Phi) is 5.15. The molecule has 0 heterocycles. The summed E-state index contributed by atoms with van der Waals surface area (Å²) in [7, 11) is 1.33. The molecule has 102 valence electrons. The number of ether oxygens (including phenoxy) is 1. The fourth-order valence-corrected chi connectivity index (χ4v) is 2.31. The fourth-order valence-electron chi connectivity index (χ4n) is 1.26. The van der Waals surface area contributed by atoms with E-state index in [0.717, 1.165) is 0 Å². The van der Waals surface area contributed by atoms with Gasteiger partial charge in [-0.05, 0) is 24.6 Å². The number of carbonyl (C=O) groups is 1. The van der Waals surface area contributed by atoms with Crippen molar-refractivity contribution in [3.8, 4) is 11.8 Å². The monoisotopic (exact) mass is 302 g/mol. The first-order chi connectivity index (χ1) is 8.84. The average molecular weight is 303 g/mol. The molecule has 8 heteroatoms. The summed E-state index contributed by atoms with van der Waals surface area (Å²) in [5, 5.41) is 10.5. The Morgan fingerprint density at radius 3 is 2.79 bits per heavy atom. The van der Waals surface area contributed by atoms with Crippen molar-refractivity contribution in [3.05, 3.63) is 23.8 Å². The van der Waals surface area contributed by atoms with Gasteiger partial charge >= 0.3 is 0 Å². The molecule has 6 nitrogen and oxygen atoms in total. The number of aryl methyl sites for hydroxylation is 1. The van der Waals surface area contributed by atoms with Gasteiger partial charge in [0.05, 0.1) is 6.07 Å². The molecular weight excluding hydrogens is 292 g/mol. The van der Waals surface area contributed by atoms with Gasteiger partial charge in [-0.1, -0.05) is 6.07 Å². The number of benzene rings is 1. The van der Waals surface area contributed by atoms with Crippen LogP contribution in [0.3, 0.4) is 0 Å². The van der Waals surface area contributed by atoms with Gasteiger partial charge in [-0.2, -0.15) is 5.26 Å². The smallest absolute Gasteiger partial charge is 0.264 e. The Balaban J connectivity index is 2.85. The molecule has 0 spiro atoms. The van der Waals surface area contributed by atoms with E-state index in [2.05, 4.69) is 5.32 Å². The summed E-state index contributed by atoms with van der Waals surface area (Å²) in [4.78, 5) is 11.0. The Labute approximate surface area is 115 Å². The van der Waals surface area contributed by atoms with Crippen LogP contribution >= 0.6 is 10.7 Å². The topological polar surface area (TPSA) is 96.3 Å². The van der Waals surface area contributed by atoms with Gasteiger partial charge in [0.25, 0.3) is 15.0 Å². The van der Waals surface area contributed by atoms with E-state index < -0.39 is 21.6 Å². The van der Waals surface area contributed by atoms with Gasteiger partial charge in [0.2, 0.25) is 0 Å². The molecule has 1 aromatic carbocycles. The van der Waals surface area contributed by atoms with Crippen molar-refractivity contribution in [1.82, 2.24) is 5.32 Å². The van der Waals surface area contributed by atoms with E-state index in [1.54, 1.807) is 19.1 Å². The Bertz CT molecular complexity index is 622. The molecule has 0 atom stereocenters. The lowest BCUT2D eigenvalue weighted by atomic mass is 10.2. The van der Waals surface area contributed by atoms with Gasteiger partial charge in [0, 0.05) is 10.7 Å². The van der Waals surface area contributed by atoms with Crippen LogP contribution in [0, 0.1) is 18.3 Å². The minimum Gasteiger partial charge on any atom is -0.482 e. The highest BCUT2D eigenvalue weighted by Gasteiger charge is 2.17. The van der Waals surface area contributed by atoms with Crippen molar-refractivity contribution in [2.45, 2.75) is 11.8 Å². The van der Waals surface area contributed by atoms with Crippen molar-refractivity contribution in [3.63, 3.8) is 0 Å². The molecule has 0 aliphatic rings. The molecule has 0 saturated heterocycles. The minimum absolute atomic E-state index is 0.00675. The zero-order valence-corrected chi connectivity index (χ0v) is 11.6. The highest BCUT2D eigenvalue weighted by Crippen LogP contribution is 2.27. The third-order valence-electron chi connectivity index (χ3n) is 2.09. The number of nitrogens with zero attached hydrogens (tertiary/aromatic N) is 1. The normalized spacial score (nSPS) is 10.6. The zero-order chi connectivity index (χ0) is 14.5. The predicted octanol–water partition coefficient (Wildman–Crippen LogP) is 0.941. The van der Waals surface area contributed by atoms with E-state index in [1.807, 2.05) is 0 Å². The van der Waals surface area contributed by atoms with E-state index in [1.165, 1.54) is 12.1 Å². The SMILES string of the molecule is Cc1ccc(OCC(=O)NCC#N)c(S(=O)(=O)Cl)c1. The fraction of sp³-hybridized carbons (Fsp3) is 0.273. The van der Waals surface area contributed by atoms with Crippen LogP contribution in [0.1, 0.15) is 5.56 Å². The number of hydrogen-bond acceptors (Lipinski definition) is 5. The van der Waals surface area contributed by atoms with Crippen LogP contribution in [-0.4, -0.2) is 27.5 Å². The highest BCUT2D eigenvalue weighted by molar-refractivity contribution is 8.13. The first-order valence-electron chi connectivity index (χ1n) is 5.16. The second kappa shape index (κ2) is 6.41. The van der Waals surface area contributed by atoms with E-state index in [4.69, 9.17) is 20.7 Å². The molecule has 0 aliphatic heterocycles. The quantitative estimate of drug-likeness (QED) is 0.645. The second-order valence-electron chi connectivity index (χ2n) is 3.61. The third kappa shape index (κ3) is 4.77. The van der Waals surface area contributed by atoms with Crippen LogP contribution in [0.2, 0.25) is 0 Å². The molecule has 1 aromatic rings. The molecule has 0 bridgehead atoms. The van der Waals surface area contributed by atoms with Crippen molar-refractivity contribution in [2.24, 2.45) is 0 Å². The van der Waals surface area contributed by atoms with Gasteiger partial charge in [-0.15, -0.1) is 0 Å². The van der Waals surface area contributed by atoms with Crippen molar-refractivity contribution >= 4 is 25.6 Å². The number of hydrogen-bond donors (Lipinski definition) is 1. The lowest BCUT2D eigenvalue weighted by Gasteiger charge is -2.09. The van der Waals surface area contributed by atoms with Crippen LogP contribution in [0.25, 0.3) is 0 Å². The maximum atomic E-state index is 11.4. The molecule has 0 aliphatic carbocycles. The number of halogens is 1. The molecule has 1 N–H and O–H groups in total. The highest BCUT2D eigenvalue weighted by atomic mass is 35.7. The summed E-state index contributed by atoms with van der Waals surface area (Å²) in [6.07, 6.45) is 0. The van der Waals surface area contributed by atoms with Crippen molar-refractivity contribution in [2.75, 3.05) is 13.2 Å². The number of carbonyl (C=O) groups excluding carboxylic acids is 1. The van der Waals surface area contributed by atoms with Crippen LogP contribution in [-0.2, 0) is 13.8 Å². The van der Waals surface area contributed by atoms with E-state index in [0.29, 0.717) is 5.56 Å². The van der Waals surface area contributed by atoms with Crippen molar-refractivity contribution < 1.29 is 17.9 Å².